The summed E-state index contributed by atoms with van der Waals surface area (Å²) >= 11 is 3.44. The van der Waals surface area contributed by atoms with Crippen LogP contribution in [0.4, 0.5) is 0 Å². The van der Waals surface area contributed by atoms with Crippen LogP contribution in [0.15, 0.2) is 59.1 Å². The van der Waals surface area contributed by atoms with Gasteiger partial charge in [-0.15, -0.1) is 0 Å². The van der Waals surface area contributed by atoms with Gasteiger partial charge in [0, 0.05) is 4.47 Å². The smallest absolute Gasteiger partial charge is 0.0718 e. The van der Waals surface area contributed by atoms with E-state index in [9.17, 15) is 0 Å². The zero-order chi connectivity index (χ0) is 12.8. The van der Waals surface area contributed by atoms with Crippen molar-refractivity contribution in [3.63, 3.8) is 0 Å². The highest BCUT2D eigenvalue weighted by atomic mass is 79.9. The van der Waals surface area contributed by atoms with Gasteiger partial charge in [0.25, 0.3) is 0 Å². The molecule has 0 amide bonds. The van der Waals surface area contributed by atoms with Crippen LogP contribution in [-0.2, 0) is 11.3 Å². The first-order chi connectivity index (χ1) is 8.75. The maximum atomic E-state index is 6.05. The second-order valence-electron chi connectivity index (χ2n) is 4.16. The normalized spacial score (nSPS) is 12.3. The predicted molar refractivity (Wildman–Crippen MR) is 77.2 cm³/mol. The molecule has 0 radical (unpaired) electrons. The average Bonchev–Trinajstić information content (AvgIpc) is 2.40. The first-order valence-corrected chi connectivity index (χ1v) is 6.68. The van der Waals surface area contributed by atoms with Crippen LogP contribution >= 0.6 is 15.9 Å². The topological polar surface area (TPSA) is 35.2 Å². The van der Waals surface area contributed by atoms with Crippen molar-refractivity contribution in [1.29, 1.82) is 0 Å². The Balaban J connectivity index is 1.82. The van der Waals surface area contributed by atoms with Crippen molar-refractivity contribution in [3.05, 3.63) is 70.2 Å². The molecular formula is C15H16BrNO. The van der Waals surface area contributed by atoms with E-state index in [2.05, 4.69) is 15.9 Å². The molecule has 0 fully saturated rings. The summed E-state index contributed by atoms with van der Waals surface area (Å²) in [5.41, 5.74) is 8.30. The number of ether oxygens (including phenoxy) is 1. The van der Waals surface area contributed by atoms with Crippen LogP contribution in [0.3, 0.4) is 0 Å². The van der Waals surface area contributed by atoms with Crippen LogP contribution in [0, 0.1) is 0 Å². The van der Waals surface area contributed by atoms with Gasteiger partial charge in [0.05, 0.1) is 19.3 Å². The summed E-state index contributed by atoms with van der Waals surface area (Å²) in [6.45, 7) is 1.11. The molecule has 94 valence electrons. The van der Waals surface area contributed by atoms with Crippen molar-refractivity contribution in [2.45, 2.75) is 12.6 Å². The first kappa shape index (κ1) is 13.3. The zero-order valence-electron chi connectivity index (χ0n) is 10.1. The maximum Gasteiger partial charge on any atom is 0.0718 e. The molecule has 0 unspecified atom stereocenters. The van der Waals surface area contributed by atoms with E-state index in [-0.39, 0.29) is 6.04 Å². The SMILES string of the molecule is N[C@H](COCc1cccc(Br)c1)c1ccccc1. The molecule has 2 N–H and O–H groups in total. The summed E-state index contributed by atoms with van der Waals surface area (Å²) in [4.78, 5) is 0. The third-order valence-electron chi connectivity index (χ3n) is 2.68. The Morgan fingerprint density at radius 3 is 2.56 bits per heavy atom. The Labute approximate surface area is 116 Å². The van der Waals surface area contributed by atoms with Gasteiger partial charge in [-0.25, -0.2) is 0 Å². The Morgan fingerprint density at radius 2 is 1.83 bits per heavy atom. The highest BCUT2D eigenvalue weighted by Gasteiger charge is 2.05. The van der Waals surface area contributed by atoms with Crippen molar-refractivity contribution < 1.29 is 4.74 Å². The van der Waals surface area contributed by atoms with Crippen molar-refractivity contribution in [2.75, 3.05) is 6.61 Å². The maximum absolute atomic E-state index is 6.05. The Morgan fingerprint density at radius 1 is 1.06 bits per heavy atom. The van der Waals surface area contributed by atoms with Gasteiger partial charge in [-0.2, -0.15) is 0 Å². The van der Waals surface area contributed by atoms with Gasteiger partial charge in [0.1, 0.15) is 0 Å². The lowest BCUT2D eigenvalue weighted by atomic mass is 10.1. The Kier molecular flexibility index (Phi) is 4.93. The summed E-state index contributed by atoms with van der Waals surface area (Å²) < 4.78 is 6.71. The fourth-order valence-electron chi connectivity index (χ4n) is 1.73. The van der Waals surface area contributed by atoms with Gasteiger partial charge in [0.2, 0.25) is 0 Å². The van der Waals surface area contributed by atoms with Crippen molar-refractivity contribution in [3.8, 4) is 0 Å². The lowest BCUT2D eigenvalue weighted by Crippen LogP contribution is -2.16. The van der Waals surface area contributed by atoms with Crippen molar-refractivity contribution >= 4 is 15.9 Å². The van der Waals surface area contributed by atoms with Gasteiger partial charge >= 0.3 is 0 Å². The number of benzene rings is 2. The highest BCUT2D eigenvalue weighted by molar-refractivity contribution is 9.10. The number of hydrogen-bond acceptors (Lipinski definition) is 2. The molecule has 2 aromatic rings. The van der Waals surface area contributed by atoms with Crippen molar-refractivity contribution in [2.24, 2.45) is 5.73 Å². The molecule has 0 aliphatic carbocycles. The Bertz CT molecular complexity index is 487. The molecule has 2 nitrogen and oxygen atoms in total. The minimum absolute atomic E-state index is 0.0710. The highest BCUT2D eigenvalue weighted by Crippen LogP contribution is 2.14. The van der Waals surface area contributed by atoms with Gasteiger partial charge < -0.3 is 10.5 Å². The predicted octanol–water partition coefficient (Wildman–Crippen LogP) is 3.67. The largest absolute Gasteiger partial charge is 0.375 e. The van der Waals surface area contributed by atoms with Crippen LogP contribution in [0.25, 0.3) is 0 Å². The lowest BCUT2D eigenvalue weighted by Gasteiger charge is -2.12. The van der Waals surface area contributed by atoms with Crippen LogP contribution in [0.5, 0.6) is 0 Å². The van der Waals surface area contributed by atoms with E-state index < -0.39 is 0 Å². The number of rotatable bonds is 5. The van der Waals surface area contributed by atoms with Gasteiger partial charge in [-0.1, -0.05) is 58.4 Å². The first-order valence-electron chi connectivity index (χ1n) is 5.88. The summed E-state index contributed by atoms with van der Waals surface area (Å²) in [5.74, 6) is 0. The third kappa shape index (κ3) is 3.95. The number of halogens is 1. The molecule has 0 aliphatic rings. The molecule has 0 heterocycles. The van der Waals surface area contributed by atoms with Gasteiger partial charge in [-0.05, 0) is 23.3 Å². The minimum Gasteiger partial charge on any atom is -0.375 e. The summed E-state index contributed by atoms with van der Waals surface area (Å²) in [5, 5.41) is 0. The molecule has 0 bridgehead atoms. The fourth-order valence-corrected chi connectivity index (χ4v) is 2.17. The fraction of sp³-hybridized carbons (Fsp3) is 0.200. The van der Waals surface area contributed by atoms with E-state index in [1.54, 1.807) is 0 Å². The molecular weight excluding hydrogens is 290 g/mol. The molecule has 0 saturated heterocycles. The number of nitrogens with two attached hydrogens (primary N) is 1. The lowest BCUT2D eigenvalue weighted by molar-refractivity contribution is 0.108. The summed E-state index contributed by atoms with van der Waals surface area (Å²) in [6, 6.07) is 18.0. The third-order valence-corrected chi connectivity index (χ3v) is 3.18. The van der Waals surface area contributed by atoms with E-state index in [1.165, 1.54) is 0 Å². The molecule has 18 heavy (non-hydrogen) atoms. The molecule has 2 aromatic carbocycles. The van der Waals surface area contributed by atoms with Crippen LogP contribution in [0.2, 0.25) is 0 Å². The molecule has 0 aromatic heterocycles. The second-order valence-corrected chi connectivity index (χ2v) is 5.08. The van der Waals surface area contributed by atoms with Gasteiger partial charge in [-0.3, -0.25) is 0 Å². The van der Waals surface area contributed by atoms with E-state index in [0.29, 0.717) is 13.2 Å². The van der Waals surface area contributed by atoms with Crippen molar-refractivity contribution in [1.82, 2.24) is 0 Å². The van der Waals surface area contributed by atoms with E-state index in [4.69, 9.17) is 10.5 Å². The van der Waals surface area contributed by atoms with E-state index in [0.717, 1.165) is 15.6 Å². The molecule has 2 rings (SSSR count). The quantitative estimate of drug-likeness (QED) is 0.915. The second kappa shape index (κ2) is 6.69. The van der Waals surface area contributed by atoms with E-state index in [1.807, 2.05) is 54.6 Å². The minimum atomic E-state index is -0.0710. The molecule has 3 heteroatoms. The van der Waals surface area contributed by atoms with E-state index >= 15 is 0 Å². The molecule has 0 aliphatic heterocycles. The summed E-state index contributed by atoms with van der Waals surface area (Å²) in [7, 11) is 0. The number of hydrogen-bond donors (Lipinski definition) is 1. The van der Waals surface area contributed by atoms with Gasteiger partial charge in [0.15, 0.2) is 0 Å². The molecule has 0 spiro atoms. The Hall–Kier alpha value is -1.16. The molecule has 0 saturated carbocycles. The van der Waals surface area contributed by atoms with Crippen LogP contribution < -0.4 is 5.73 Å². The zero-order valence-corrected chi connectivity index (χ0v) is 11.6. The van der Waals surface area contributed by atoms with Crippen LogP contribution in [-0.4, -0.2) is 6.61 Å². The summed E-state index contributed by atoms with van der Waals surface area (Å²) in [6.07, 6.45) is 0. The monoisotopic (exact) mass is 305 g/mol. The molecule has 1 atom stereocenters. The standard InChI is InChI=1S/C15H16BrNO/c16-14-8-4-5-12(9-14)10-18-11-15(17)13-6-2-1-3-7-13/h1-9,15H,10-11,17H2/t15-/m1/s1. The average molecular weight is 306 g/mol. The van der Waals surface area contributed by atoms with Crippen LogP contribution in [0.1, 0.15) is 17.2 Å².